The van der Waals surface area contributed by atoms with Crippen LogP contribution in [0.5, 0.6) is 0 Å². The highest BCUT2D eigenvalue weighted by Gasteiger charge is 2.04. The molecule has 3 aromatic rings. The fourth-order valence-electron chi connectivity index (χ4n) is 1.61. The van der Waals surface area contributed by atoms with Crippen LogP contribution >= 0.6 is 23.6 Å². The van der Waals surface area contributed by atoms with Crippen molar-refractivity contribution in [2.45, 2.75) is 0 Å². The highest BCUT2D eigenvalue weighted by Crippen LogP contribution is 2.20. The van der Waals surface area contributed by atoms with E-state index in [1.165, 1.54) is 11.3 Å². The summed E-state index contributed by atoms with van der Waals surface area (Å²) < 4.78 is 2.64. The van der Waals surface area contributed by atoms with E-state index in [1.807, 2.05) is 52.8 Å². The maximum absolute atomic E-state index is 5.07. The number of aromatic amines is 1. The Morgan fingerprint density at radius 1 is 1.24 bits per heavy atom. The Balaban J connectivity index is 2.01. The van der Waals surface area contributed by atoms with Crippen molar-refractivity contribution >= 4 is 23.6 Å². The molecule has 2 heterocycles. The molecule has 84 valence electrons. The minimum absolute atomic E-state index is 0.785. The van der Waals surface area contributed by atoms with Crippen molar-refractivity contribution in [1.29, 1.82) is 0 Å². The van der Waals surface area contributed by atoms with E-state index in [-0.39, 0.29) is 0 Å². The van der Waals surface area contributed by atoms with Gasteiger partial charge in [0.1, 0.15) is 0 Å². The van der Waals surface area contributed by atoms with E-state index in [4.69, 9.17) is 12.2 Å². The summed E-state index contributed by atoms with van der Waals surface area (Å²) in [6, 6.07) is 10.0. The molecule has 0 saturated carbocycles. The third-order valence-electron chi connectivity index (χ3n) is 2.43. The predicted molar refractivity (Wildman–Crippen MR) is 72.1 cm³/mol. The SMILES string of the molecule is S=c1[nH]c(-c2cnn(-c3ccccc3)c2)cs1. The number of hydrogen-bond acceptors (Lipinski definition) is 3. The fourth-order valence-corrected chi connectivity index (χ4v) is 2.45. The Morgan fingerprint density at radius 3 is 2.76 bits per heavy atom. The standard InChI is InChI=1S/C12H9N3S2/c16-12-14-11(8-17-12)9-6-13-15(7-9)10-4-2-1-3-5-10/h1-8H,(H,14,16). The molecule has 1 N–H and O–H groups in total. The first-order chi connectivity index (χ1) is 8.33. The van der Waals surface area contributed by atoms with Crippen LogP contribution in [0.25, 0.3) is 16.9 Å². The molecule has 0 spiro atoms. The van der Waals surface area contributed by atoms with Gasteiger partial charge in [0, 0.05) is 17.1 Å². The van der Waals surface area contributed by atoms with Gasteiger partial charge in [0.2, 0.25) is 0 Å². The molecule has 0 atom stereocenters. The summed E-state index contributed by atoms with van der Waals surface area (Å²) in [7, 11) is 0. The Hall–Kier alpha value is -1.72. The van der Waals surface area contributed by atoms with E-state index in [2.05, 4.69) is 10.1 Å². The van der Waals surface area contributed by atoms with Crippen LogP contribution in [0.3, 0.4) is 0 Å². The average molecular weight is 259 g/mol. The topological polar surface area (TPSA) is 33.6 Å². The van der Waals surface area contributed by atoms with E-state index < -0.39 is 0 Å². The second-order valence-corrected chi connectivity index (χ2v) is 5.12. The Bertz CT molecular complexity index is 679. The molecule has 0 amide bonds. The molecular weight excluding hydrogens is 250 g/mol. The molecule has 0 saturated heterocycles. The van der Waals surface area contributed by atoms with Crippen LogP contribution in [0.1, 0.15) is 0 Å². The number of nitrogens with one attached hydrogen (secondary N) is 1. The average Bonchev–Trinajstić information content (AvgIpc) is 2.98. The number of para-hydroxylation sites is 1. The summed E-state index contributed by atoms with van der Waals surface area (Å²) in [5, 5.41) is 6.35. The van der Waals surface area contributed by atoms with Gasteiger partial charge in [0.15, 0.2) is 3.95 Å². The van der Waals surface area contributed by atoms with Crippen LogP contribution in [0.4, 0.5) is 0 Å². The minimum Gasteiger partial charge on any atom is -0.337 e. The smallest absolute Gasteiger partial charge is 0.158 e. The van der Waals surface area contributed by atoms with Gasteiger partial charge in [-0.15, -0.1) is 11.3 Å². The van der Waals surface area contributed by atoms with Gasteiger partial charge in [0.05, 0.1) is 17.6 Å². The van der Waals surface area contributed by atoms with Crippen LogP contribution in [-0.2, 0) is 0 Å². The van der Waals surface area contributed by atoms with Crippen LogP contribution in [0.2, 0.25) is 0 Å². The first-order valence-corrected chi connectivity index (χ1v) is 6.40. The molecule has 0 aliphatic heterocycles. The monoisotopic (exact) mass is 259 g/mol. The van der Waals surface area contributed by atoms with Crippen molar-refractivity contribution < 1.29 is 0 Å². The summed E-state index contributed by atoms with van der Waals surface area (Å²) in [5.74, 6) is 0. The van der Waals surface area contributed by atoms with E-state index >= 15 is 0 Å². The Morgan fingerprint density at radius 2 is 2.06 bits per heavy atom. The number of nitrogens with zero attached hydrogens (tertiary/aromatic N) is 2. The first-order valence-electron chi connectivity index (χ1n) is 5.11. The van der Waals surface area contributed by atoms with Crippen LogP contribution in [0, 0.1) is 3.95 Å². The number of benzene rings is 1. The molecule has 1 aromatic carbocycles. The highest BCUT2D eigenvalue weighted by atomic mass is 32.1. The lowest BCUT2D eigenvalue weighted by Crippen LogP contribution is -1.92. The predicted octanol–water partition coefficient (Wildman–Crippen LogP) is 3.66. The lowest BCUT2D eigenvalue weighted by Gasteiger charge is -1.98. The number of thiazole rings is 1. The zero-order chi connectivity index (χ0) is 11.7. The molecule has 0 fully saturated rings. The van der Waals surface area contributed by atoms with Gasteiger partial charge in [0.25, 0.3) is 0 Å². The normalized spacial score (nSPS) is 10.6. The second kappa shape index (κ2) is 4.27. The largest absolute Gasteiger partial charge is 0.337 e. The van der Waals surface area contributed by atoms with Crippen LogP contribution in [0.15, 0.2) is 48.1 Å². The quantitative estimate of drug-likeness (QED) is 0.713. The molecule has 0 aliphatic rings. The van der Waals surface area contributed by atoms with Crippen LogP contribution in [-0.4, -0.2) is 14.8 Å². The van der Waals surface area contributed by atoms with Crippen molar-refractivity contribution in [3.63, 3.8) is 0 Å². The maximum atomic E-state index is 5.07. The zero-order valence-electron chi connectivity index (χ0n) is 8.83. The summed E-state index contributed by atoms with van der Waals surface area (Å²) in [6.45, 7) is 0. The molecule has 3 nitrogen and oxygen atoms in total. The summed E-state index contributed by atoms with van der Waals surface area (Å²) in [5.41, 5.74) is 3.11. The fraction of sp³-hybridized carbons (Fsp3) is 0. The van der Waals surface area contributed by atoms with Gasteiger partial charge in [-0.2, -0.15) is 5.10 Å². The molecule has 0 bridgehead atoms. The summed E-state index contributed by atoms with van der Waals surface area (Å²) >= 11 is 6.60. The molecule has 0 unspecified atom stereocenters. The van der Waals surface area contributed by atoms with E-state index in [0.717, 1.165) is 20.9 Å². The molecule has 5 heteroatoms. The zero-order valence-corrected chi connectivity index (χ0v) is 10.5. The van der Waals surface area contributed by atoms with E-state index in [1.54, 1.807) is 0 Å². The molecule has 0 aliphatic carbocycles. The van der Waals surface area contributed by atoms with Gasteiger partial charge < -0.3 is 4.98 Å². The number of aromatic nitrogens is 3. The third kappa shape index (κ3) is 2.07. The molecule has 3 rings (SSSR count). The Labute approximate surface area is 107 Å². The van der Waals surface area contributed by atoms with E-state index in [0.29, 0.717) is 0 Å². The maximum Gasteiger partial charge on any atom is 0.158 e. The van der Waals surface area contributed by atoms with Gasteiger partial charge in [-0.25, -0.2) is 4.68 Å². The van der Waals surface area contributed by atoms with Crippen molar-refractivity contribution in [3.8, 4) is 16.9 Å². The summed E-state index contributed by atoms with van der Waals surface area (Å²) in [4.78, 5) is 3.14. The Kier molecular flexibility index (Phi) is 2.62. The number of rotatable bonds is 2. The van der Waals surface area contributed by atoms with Crippen molar-refractivity contribution in [3.05, 3.63) is 52.1 Å². The summed E-state index contributed by atoms with van der Waals surface area (Å²) in [6.07, 6.45) is 3.82. The van der Waals surface area contributed by atoms with Gasteiger partial charge in [-0.3, -0.25) is 0 Å². The minimum atomic E-state index is 0.785. The van der Waals surface area contributed by atoms with Gasteiger partial charge in [-0.1, -0.05) is 18.2 Å². The second-order valence-electron chi connectivity index (χ2n) is 3.57. The molecule has 2 aromatic heterocycles. The van der Waals surface area contributed by atoms with E-state index in [9.17, 15) is 0 Å². The van der Waals surface area contributed by atoms with Gasteiger partial charge >= 0.3 is 0 Å². The van der Waals surface area contributed by atoms with Crippen molar-refractivity contribution in [2.75, 3.05) is 0 Å². The van der Waals surface area contributed by atoms with Crippen molar-refractivity contribution in [2.24, 2.45) is 0 Å². The van der Waals surface area contributed by atoms with Gasteiger partial charge in [-0.05, 0) is 24.4 Å². The molecular formula is C12H9N3S2. The molecule has 0 radical (unpaired) electrons. The van der Waals surface area contributed by atoms with Crippen LogP contribution < -0.4 is 0 Å². The number of hydrogen-bond donors (Lipinski definition) is 1. The number of H-pyrrole nitrogens is 1. The van der Waals surface area contributed by atoms with Crippen molar-refractivity contribution in [1.82, 2.24) is 14.8 Å². The highest BCUT2D eigenvalue weighted by molar-refractivity contribution is 7.73. The lowest BCUT2D eigenvalue weighted by atomic mass is 10.3. The first kappa shape index (κ1) is 10.4. The third-order valence-corrected chi connectivity index (χ3v) is 3.50. The lowest BCUT2D eigenvalue weighted by molar-refractivity contribution is 0.881. The molecule has 17 heavy (non-hydrogen) atoms.